The van der Waals surface area contributed by atoms with Crippen LogP contribution in [0.2, 0.25) is 44.8 Å². The molecule has 2 atom stereocenters. The van der Waals surface area contributed by atoms with Crippen LogP contribution in [0, 0.1) is 0 Å². The SMILES string of the molecule is C[Si](C)(C)c1ccc(Sc2ccc([S+](C3=CCC([Si](C)(C)C)C=C3)c3ccccc3)cc2)cc1. The Morgan fingerprint density at radius 3 is 1.76 bits per heavy atom. The molecule has 0 spiro atoms. The van der Waals surface area contributed by atoms with Gasteiger partial charge in [-0.1, -0.05) is 92.6 Å². The van der Waals surface area contributed by atoms with Crippen LogP contribution < -0.4 is 5.19 Å². The van der Waals surface area contributed by atoms with Crippen LogP contribution in [0.25, 0.3) is 0 Å². The summed E-state index contributed by atoms with van der Waals surface area (Å²) in [6.07, 6.45) is 8.62. The molecule has 0 aromatic heterocycles. The van der Waals surface area contributed by atoms with E-state index in [0.717, 1.165) is 5.54 Å². The van der Waals surface area contributed by atoms with Crippen molar-refractivity contribution in [2.24, 2.45) is 0 Å². The molecule has 4 rings (SSSR count). The Morgan fingerprint density at radius 2 is 1.26 bits per heavy atom. The van der Waals surface area contributed by atoms with Gasteiger partial charge in [0.15, 0.2) is 14.7 Å². The fourth-order valence-corrected chi connectivity index (χ4v) is 9.78. The molecule has 0 saturated carbocycles. The molecule has 1 aliphatic carbocycles. The molecular formula is C30H37S2Si2+. The lowest BCUT2D eigenvalue weighted by Gasteiger charge is -2.27. The van der Waals surface area contributed by atoms with Crippen molar-refractivity contribution in [2.75, 3.05) is 0 Å². The van der Waals surface area contributed by atoms with Crippen LogP contribution in [0.5, 0.6) is 0 Å². The summed E-state index contributed by atoms with van der Waals surface area (Å²) >= 11 is 1.86. The molecule has 0 N–H and O–H groups in total. The molecular weight excluding hydrogens is 481 g/mol. The Kier molecular flexibility index (Phi) is 7.83. The zero-order valence-electron chi connectivity index (χ0n) is 21.3. The quantitative estimate of drug-likeness (QED) is 0.222. The largest absolute Gasteiger partial charge is 0.166 e. The zero-order valence-corrected chi connectivity index (χ0v) is 25.0. The molecule has 0 bridgehead atoms. The van der Waals surface area contributed by atoms with Crippen molar-refractivity contribution in [3.8, 4) is 0 Å². The second-order valence-corrected chi connectivity index (χ2v) is 24.9. The Bertz CT molecular complexity index is 1150. The smallest absolute Gasteiger partial charge is 0.0901 e. The minimum atomic E-state index is -1.25. The molecule has 0 fully saturated rings. The van der Waals surface area contributed by atoms with Crippen molar-refractivity contribution in [1.82, 2.24) is 0 Å². The fourth-order valence-electron chi connectivity index (χ4n) is 4.16. The molecule has 176 valence electrons. The maximum absolute atomic E-state index is 2.52. The summed E-state index contributed by atoms with van der Waals surface area (Å²) in [4.78, 5) is 6.86. The molecule has 2 unspecified atom stereocenters. The summed E-state index contributed by atoms with van der Waals surface area (Å²) in [5.41, 5.74) is 0.739. The highest BCUT2D eigenvalue weighted by atomic mass is 32.2. The Balaban J connectivity index is 1.56. The number of hydrogen-bond acceptors (Lipinski definition) is 1. The monoisotopic (exact) mass is 517 g/mol. The summed E-state index contributed by atoms with van der Waals surface area (Å²) in [7, 11) is -2.48. The molecule has 34 heavy (non-hydrogen) atoms. The van der Waals surface area contributed by atoms with E-state index in [0.29, 0.717) is 0 Å². The number of rotatable bonds is 7. The van der Waals surface area contributed by atoms with E-state index in [1.54, 1.807) is 0 Å². The third-order valence-electron chi connectivity index (χ3n) is 6.41. The maximum Gasteiger partial charge on any atom is 0.166 e. The highest BCUT2D eigenvalue weighted by Crippen LogP contribution is 2.38. The van der Waals surface area contributed by atoms with Gasteiger partial charge in [-0.2, -0.15) is 0 Å². The molecule has 0 amide bonds. The molecule has 0 nitrogen and oxygen atoms in total. The minimum absolute atomic E-state index is 0.0622. The predicted octanol–water partition coefficient (Wildman–Crippen LogP) is 8.97. The van der Waals surface area contributed by atoms with Gasteiger partial charge in [-0.3, -0.25) is 0 Å². The average molecular weight is 518 g/mol. The topological polar surface area (TPSA) is 0 Å². The lowest BCUT2D eigenvalue weighted by Crippen LogP contribution is -2.37. The van der Waals surface area contributed by atoms with E-state index in [-0.39, 0.29) is 10.9 Å². The van der Waals surface area contributed by atoms with E-state index in [9.17, 15) is 0 Å². The van der Waals surface area contributed by atoms with Gasteiger partial charge >= 0.3 is 0 Å². The first-order valence-corrected chi connectivity index (χ1v) is 21.3. The number of hydrogen-bond donors (Lipinski definition) is 0. The van der Waals surface area contributed by atoms with Crippen LogP contribution >= 0.6 is 11.8 Å². The Labute approximate surface area is 216 Å². The van der Waals surface area contributed by atoms with Gasteiger partial charge in [-0.25, -0.2) is 0 Å². The van der Waals surface area contributed by atoms with Crippen LogP contribution in [0.3, 0.4) is 0 Å². The Hall–Kier alpha value is -1.73. The van der Waals surface area contributed by atoms with Crippen LogP contribution in [0.15, 0.2) is 122 Å². The average Bonchev–Trinajstić information content (AvgIpc) is 2.81. The van der Waals surface area contributed by atoms with Gasteiger partial charge in [-0.05, 0) is 72.6 Å². The van der Waals surface area contributed by atoms with Crippen LogP contribution in [0.4, 0.5) is 0 Å². The molecule has 0 heterocycles. The van der Waals surface area contributed by atoms with E-state index in [1.807, 2.05) is 11.8 Å². The summed E-state index contributed by atoms with van der Waals surface area (Å²) in [5.74, 6) is 0. The highest BCUT2D eigenvalue weighted by molar-refractivity contribution is 8.01. The summed E-state index contributed by atoms with van der Waals surface area (Å²) < 4.78 is 0. The van der Waals surface area contributed by atoms with Gasteiger partial charge in [-0.15, -0.1) is 0 Å². The van der Waals surface area contributed by atoms with Crippen molar-refractivity contribution in [1.29, 1.82) is 0 Å². The van der Waals surface area contributed by atoms with Gasteiger partial charge < -0.3 is 0 Å². The van der Waals surface area contributed by atoms with E-state index in [2.05, 4.69) is 136 Å². The maximum atomic E-state index is 2.52. The lowest BCUT2D eigenvalue weighted by molar-refractivity contribution is 0.975. The van der Waals surface area contributed by atoms with Crippen molar-refractivity contribution >= 4 is 44.0 Å². The lowest BCUT2D eigenvalue weighted by atomic mass is 10.2. The predicted molar refractivity (Wildman–Crippen MR) is 159 cm³/mol. The minimum Gasteiger partial charge on any atom is -0.0901 e. The van der Waals surface area contributed by atoms with E-state index in [1.165, 1.54) is 36.1 Å². The normalized spacial score (nSPS) is 17.4. The number of allylic oxidation sites excluding steroid dienone is 3. The van der Waals surface area contributed by atoms with Gasteiger partial charge in [0.2, 0.25) is 0 Å². The van der Waals surface area contributed by atoms with Crippen LogP contribution in [-0.2, 0) is 10.9 Å². The first kappa shape index (κ1) is 25.4. The third kappa shape index (κ3) is 6.28. The number of benzene rings is 3. The molecule has 0 saturated heterocycles. The van der Waals surface area contributed by atoms with E-state index in [4.69, 9.17) is 0 Å². The van der Waals surface area contributed by atoms with Crippen molar-refractivity contribution in [3.63, 3.8) is 0 Å². The summed E-state index contributed by atoms with van der Waals surface area (Å²) in [5, 5.41) is 1.52. The molecule has 3 aromatic rings. The van der Waals surface area contributed by atoms with Crippen molar-refractivity contribution in [2.45, 2.75) is 70.8 Å². The van der Waals surface area contributed by atoms with Crippen molar-refractivity contribution in [3.05, 3.63) is 102 Å². The zero-order chi connectivity index (χ0) is 24.3. The van der Waals surface area contributed by atoms with E-state index >= 15 is 0 Å². The van der Waals surface area contributed by atoms with Gasteiger partial charge in [0, 0.05) is 9.79 Å². The summed E-state index contributed by atoms with van der Waals surface area (Å²) in [6, 6.07) is 29.5. The van der Waals surface area contributed by atoms with Crippen LogP contribution in [0.1, 0.15) is 6.42 Å². The van der Waals surface area contributed by atoms with Gasteiger partial charge in [0.25, 0.3) is 0 Å². The van der Waals surface area contributed by atoms with Gasteiger partial charge in [0.05, 0.1) is 27.0 Å². The first-order valence-electron chi connectivity index (χ1n) is 12.2. The van der Waals surface area contributed by atoms with Gasteiger partial charge in [0.1, 0.15) is 0 Å². The standard InChI is InChI=1S/C30H37S2Si2/c1-33(2,3)29-20-14-25(15-21-29)31-24-12-16-27(17-13-24)32(26-10-8-7-9-11-26)28-18-22-30(23-19-28)34(4,5)6/h7-22,30H,23H2,1-6H3/q+1. The molecule has 1 aliphatic rings. The highest BCUT2D eigenvalue weighted by Gasteiger charge is 2.33. The molecule has 0 radical (unpaired) electrons. The molecule has 3 aromatic carbocycles. The Morgan fingerprint density at radius 1 is 0.706 bits per heavy atom. The second kappa shape index (κ2) is 10.5. The molecule has 4 heteroatoms. The second-order valence-electron chi connectivity index (χ2n) is 11.1. The van der Waals surface area contributed by atoms with Crippen LogP contribution in [-0.4, -0.2) is 16.1 Å². The molecule has 0 aliphatic heterocycles. The third-order valence-corrected chi connectivity index (χ3v) is 14.4. The first-order chi connectivity index (χ1) is 16.1. The fraction of sp³-hybridized carbons (Fsp3) is 0.267. The summed E-state index contributed by atoms with van der Waals surface area (Å²) in [6.45, 7) is 14.6. The van der Waals surface area contributed by atoms with Crippen molar-refractivity contribution < 1.29 is 0 Å². The van der Waals surface area contributed by atoms with E-state index < -0.39 is 16.1 Å².